The molecule has 0 aliphatic heterocycles. The van der Waals surface area contributed by atoms with Gasteiger partial charge in [-0.3, -0.25) is 0 Å². The average molecular weight is 283 g/mol. The molecule has 0 aliphatic rings. The Morgan fingerprint density at radius 3 is 2.69 bits per heavy atom. The van der Waals surface area contributed by atoms with Gasteiger partial charge in [0.2, 0.25) is 11.7 Å². The van der Waals surface area contributed by atoms with Crippen LogP contribution in [-0.2, 0) is 6.42 Å². The molecule has 2 aromatic rings. The number of phenolic OH excluding ortho intramolecular Hbond substituents is 1. The van der Waals surface area contributed by atoms with Gasteiger partial charge in [0.1, 0.15) is 5.75 Å². The topological polar surface area (TPSA) is 59.2 Å². The summed E-state index contributed by atoms with van der Waals surface area (Å²) >= 11 is 3.35. The van der Waals surface area contributed by atoms with E-state index in [0.29, 0.717) is 11.7 Å². The minimum Gasteiger partial charge on any atom is -0.508 e. The number of phenols is 1. The van der Waals surface area contributed by atoms with Gasteiger partial charge in [-0.05, 0) is 30.7 Å². The maximum Gasteiger partial charge on any atom is 0.226 e. The standard InChI is InChI=1S/C11H11BrN2O2/c12-7-1-2-10-13-11(14-16-10)8-3-5-9(15)6-4-8/h3-6,15H,1-2,7H2. The van der Waals surface area contributed by atoms with Crippen LogP contribution >= 0.6 is 15.9 Å². The Balaban J connectivity index is 2.15. The summed E-state index contributed by atoms with van der Waals surface area (Å²) in [7, 11) is 0. The molecule has 1 N–H and O–H groups in total. The fraction of sp³-hybridized carbons (Fsp3) is 0.273. The lowest BCUT2D eigenvalue weighted by molar-refractivity contribution is 0.378. The summed E-state index contributed by atoms with van der Waals surface area (Å²) in [6, 6.07) is 6.72. The predicted molar refractivity (Wildman–Crippen MR) is 63.5 cm³/mol. The lowest BCUT2D eigenvalue weighted by Crippen LogP contribution is -1.86. The number of nitrogens with zero attached hydrogens (tertiary/aromatic N) is 2. The van der Waals surface area contributed by atoms with Gasteiger partial charge in [-0.2, -0.15) is 4.98 Å². The van der Waals surface area contributed by atoms with E-state index in [2.05, 4.69) is 26.1 Å². The Morgan fingerprint density at radius 2 is 2.00 bits per heavy atom. The van der Waals surface area contributed by atoms with E-state index in [4.69, 9.17) is 9.63 Å². The molecule has 0 bridgehead atoms. The molecule has 0 saturated carbocycles. The number of benzene rings is 1. The Kier molecular flexibility index (Phi) is 3.56. The van der Waals surface area contributed by atoms with Crippen LogP contribution in [0.2, 0.25) is 0 Å². The van der Waals surface area contributed by atoms with Crippen LogP contribution in [0.5, 0.6) is 5.75 Å². The molecule has 0 fully saturated rings. The second-order valence-corrected chi connectivity index (χ2v) is 4.14. The van der Waals surface area contributed by atoms with Crippen molar-refractivity contribution in [2.45, 2.75) is 12.8 Å². The fourth-order valence-electron chi connectivity index (χ4n) is 1.30. The van der Waals surface area contributed by atoms with E-state index < -0.39 is 0 Å². The summed E-state index contributed by atoms with van der Waals surface area (Å²) in [5.74, 6) is 1.43. The third-order valence-electron chi connectivity index (χ3n) is 2.12. The normalized spacial score (nSPS) is 10.6. The Bertz CT molecular complexity index is 453. The molecule has 0 unspecified atom stereocenters. The van der Waals surface area contributed by atoms with Crippen molar-refractivity contribution in [2.24, 2.45) is 0 Å². The predicted octanol–water partition coefficient (Wildman–Crippen LogP) is 2.77. The zero-order chi connectivity index (χ0) is 11.4. The van der Waals surface area contributed by atoms with Gasteiger partial charge in [0.05, 0.1) is 0 Å². The van der Waals surface area contributed by atoms with E-state index in [1.807, 2.05) is 0 Å². The van der Waals surface area contributed by atoms with Gasteiger partial charge in [-0.25, -0.2) is 0 Å². The van der Waals surface area contributed by atoms with Crippen molar-refractivity contribution in [3.05, 3.63) is 30.2 Å². The van der Waals surface area contributed by atoms with Crippen molar-refractivity contribution in [1.82, 2.24) is 10.1 Å². The number of rotatable bonds is 4. The van der Waals surface area contributed by atoms with Crippen LogP contribution in [0.25, 0.3) is 11.4 Å². The average Bonchev–Trinajstić information content (AvgIpc) is 2.76. The molecular formula is C11H11BrN2O2. The minimum absolute atomic E-state index is 0.228. The molecular weight excluding hydrogens is 272 g/mol. The molecule has 0 aliphatic carbocycles. The monoisotopic (exact) mass is 282 g/mol. The summed E-state index contributed by atoms with van der Waals surface area (Å²) < 4.78 is 5.11. The van der Waals surface area contributed by atoms with Crippen LogP contribution in [-0.4, -0.2) is 20.6 Å². The third kappa shape index (κ3) is 2.61. The summed E-state index contributed by atoms with van der Waals surface area (Å²) in [5.41, 5.74) is 0.839. The molecule has 0 amide bonds. The molecule has 0 atom stereocenters. The number of aryl methyl sites for hydroxylation is 1. The Hall–Kier alpha value is -1.36. The first-order chi connectivity index (χ1) is 7.79. The molecule has 0 saturated heterocycles. The van der Waals surface area contributed by atoms with E-state index in [9.17, 15) is 0 Å². The van der Waals surface area contributed by atoms with Crippen molar-refractivity contribution < 1.29 is 9.63 Å². The molecule has 84 valence electrons. The SMILES string of the molecule is Oc1ccc(-c2noc(CCCBr)n2)cc1. The van der Waals surface area contributed by atoms with Crippen LogP contribution in [0.4, 0.5) is 0 Å². The lowest BCUT2D eigenvalue weighted by Gasteiger charge is -1.93. The highest BCUT2D eigenvalue weighted by atomic mass is 79.9. The van der Waals surface area contributed by atoms with E-state index in [0.717, 1.165) is 23.7 Å². The van der Waals surface area contributed by atoms with Gasteiger partial charge in [-0.1, -0.05) is 21.1 Å². The second kappa shape index (κ2) is 5.12. The first kappa shape index (κ1) is 11.1. The van der Waals surface area contributed by atoms with Crippen LogP contribution in [0.1, 0.15) is 12.3 Å². The van der Waals surface area contributed by atoms with E-state index in [1.54, 1.807) is 24.3 Å². The number of alkyl halides is 1. The summed E-state index contributed by atoms with van der Waals surface area (Å²) in [4.78, 5) is 4.27. The number of aromatic nitrogens is 2. The lowest BCUT2D eigenvalue weighted by atomic mass is 10.2. The van der Waals surface area contributed by atoms with Crippen molar-refractivity contribution in [2.75, 3.05) is 5.33 Å². The smallest absolute Gasteiger partial charge is 0.226 e. The second-order valence-electron chi connectivity index (χ2n) is 3.35. The van der Waals surface area contributed by atoms with Gasteiger partial charge >= 0.3 is 0 Å². The van der Waals surface area contributed by atoms with Crippen molar-refractivity contribution in [1.29, 1.82) is 0 Å². The quantitative estimate of drug-likeness (QED) is 0.876. The Labute approximate surface area is 101 Å². The molecule has 1 aromatic carbocycles. The fourth-order valence-corrected chi connectivity index (χ4v) is 1.58. The zero-order valence-electron chi connectivity index (χ0n) is 8.56. The molecule has 0 radical (unpaired) electrons. The summed E-state index contributed by atoms with van der Waals surface area (Å²) in [6.07, 6.45) is 1.74. The first-order valence-corrected chi connectivity index (χ1v) is 6.09. The molecule has 0 spiro atoms. The summed E-state index contributed by atoms with van der Waals surface area (Å²) in [6.45, 7) is 0. The molecule has 16 heavy (non-hydrogen) atoms. The molecule has 1 aromatic heterocycles. The summed E-state index contributed by atoms with van der Waals surface area (Å²) in [5, 5.41) is 14.0. The molecule has 2 rings (SSSR count). The largest absolute Gasteiger partial charge is 0.508 e. The van der Waals surface area contributed by atoms with Gasteiger partial charge < -0.3 is 9.63 Å². The van der Waals surface area contributed by atoms with Crippen molar-refractivity contribution in [3.8, 4) is 17.1 Å². The van der Waals surface area contributed by atoms with Crippen molar-refractivity contribution in [3.63, 3.8) is 0 Å². The van der Waals surface area contributed by atoms with Gasteiger partial charge in [0, 0.05) is 17.3 Å². The van der Waals surface area contributed by atoms with Gasteiger partial charge in [0.15, 0.2) is 0 Å². The van der Waals surface area contributed by atoms with Crippen molar-refractivity contribution >= 4 is 15.9 Å². The molecule has 5 heteroatoms. The molecule has 4 nitrogen and oxygen atoms in total. The van der Waals surface area contributed by atoms with E-state index >= 15 is 0 Å². The number of hydrogen-bond acceptors (Lipinski definition) is 4. The van der Waals surface area contributed by atoms with Crippen LogP contribution in [0.15, 0.2) is 28.8 Å². The van der Waals surface area contributed by atoms with Crippen LogP contribution in [0, 0.1) is 0 Å². The van der Waals surface area contributed by atoms with Gasteiger partial charge in [-0.15, -0.1) is 0 Å². The zero-order valence-corrected chi connectivity index (χ0v) is 10.1. The maximum absolute atomic E-state index is 9.16. The van der Waals surface area contributed by atoms with E-state index in [-0.39, 0.29) is 5.75 Å². The minimum atomic E-state index is 0.228. The van der Waals surface area contributed by atoms with Gasteiger partial charge in [0.25, 0.3) is 0 Å². The number of halogens is 1. The Morgan fingerprint density at radius 1 is 1.25 bits per heavy atom. The molecule has 1 heterocycles. The number of hydrogen-bond donors (Lipinski definition) is 1. The highest BCUT2D eigenvalue weighted by Gasteiger charge is 2.07. The highest BCUT2D eigenvalue weighted by molar-refractivity contribution is 9.09. The van der Waals surface area contributed by atoms with E-state index in [1.165, 1.54) is 0 Å². The number of aromatic hydroxyl groups is 1. The van der Waals surface area contributed by atoms with Crippen LogP contribution in [0.3, 0.4) is 0 Å². The maximum atomic E-state index is 9.16. The van der Waals surface area contributed by atoms with Crippen LogP contribution < -0.4 is 0 Å². The highest BCUT2D eigenvalue weighted by Crippen LogP contribution is 2.19. The first-order valence-electron chi connectivity index (χ1n) is 4.97. The third-order valence-corrected chi connectivity index (χ3v) is 2.68.